The first-order valence-corrected chi connectivity index (χ1v) is 4.77. The fraction of sp³-hybridized carbons (Fsp3) is 0.111. The van der Waals surface area contributed by atoms with Crippen molar-refractivity contribution in [3.8, 4) is 5.82 Å². The molecule has 3 rings (SSSR count). The van der Waals surface area contributed by atoms with Crippen molar-refractivity contribution in [2.24, 2.45) is 5.73 Å². The van der Waals surface area contributed by atoms with Crippen LogP contribution >= 0.6 is 0 Å². The van der Waals surface area contributed by atoms with Gasteiger partial charge in [-0.1, -0.05) is 0 Å². The number of aromatic nitrogens is 6. The Morgan fingerprint density at radius 2 is 2.06 bits per heavy atom. The van der Waals surface area contributed by atoms with Gasteiger partial charge in [0.2, 0.25) is 5.65 Å². The number of rotatable bonds is 2. The van der Waals surface area contributed by atoms with E-state index in [-0.39, 0.29) is 0 Å². The Balaban J connectivity index is 2.29. The van der Waals surface area contributed by atoms with Gasteiger partial charge < -0.3 is 5.73 Å². The van der Waals surface area contributed by atoms with Crippen LogP contribution in [0.3, 0.4) is 0 Å². The van der Waals surface area contributed by atoms with Crippen molar-refractivity contribution < 1.29 is 0 Å². The van der Waals surface area contributed by atoms with E-state index in [9.17, 15) is 0 Å². The number of nitrogens with two attached hydrogens (primary N) is 1. The molecule has 0 radical (unpaired) electrons. The summed E-state index contributed by atoms with van der Waals surface area (Å²) in [6.45, 7) is 0.351. The van der Waals surface area contributed by atoms with E-state index in [1.54, 1.807) is 35.5 Å². The van der Waals surface area contributed by atoms with Gasteiger partial charge in [-0.3, -0.25) is 8.97 Å². The summed E-state index contributed by atoms with van der Waals surface area (Å²) in [5, 5.41) is 7.85. The normalized spacial score (nSPS) is 11.1. The molecule has 7 heteroatoms. The molecule has 0 fully saturated rings. The summed E-state index contributed by atoms with van der Waals surface area (Å²) in [7, 11) is 0. The lowest BCUT2D eigenvalue weighted by Crippen LogP contribution is -2.08. The molecule has 0 bridgehead atoms. The Bertz CT molecular complexity index is 623. The SMILES string of the molecule is NCc1nccn1-c1nccn2cnnc12. The summed E-state index contributed by atoms with van der Waals surface area (Å²) in [6.07, 6.45) is 8.59. The van der Waals surface area contributed by atoms with Gasteiger partial charge in [-0.05, 0) is 0 Å². The smallest absolute Gasteiger partial charge is 0.204 e. The van der Waals surface area contributed by atoms with Crippen molar-refractivity contribution in [2.75, 3.05) is 0 Å². The second-order valence-corrected chi connectivity index (χ2v) is 3.23. The minimum Gasteiger partial charge on any atom is -0.324 e. The van der Waals surface area contributed by atoms with E-state index in [4.69, 9.17) is 5.73 Å². The minimum absolute atomic E-state index is 0.351. The lowest BCUT2D eigenvalue weighted by Gasteiger charge is -2.05. The van der Waals surface area contributed by atoms with Gasteiger partial charge in [-0.15, -0.1) is 10.2 Å². The highest BCUT2D eigenvalue weighted by molar-refractivity contribution is 5.53. The van der Waals surface area contributed by atoms with E-state index < -0.39 is 0 Å². The van der Waals surface area contributed by atoms with Crippen LogP contribution in [-0.4, -0.2) is 29.1 Å². The Morgan fingerprint density at radius 1 is 1.19 bits per heavy atom. The lowest BCUT2D eigenvalue weighted by molar-refractivity contribution is 0.844. The van der Waals surface area contributed by atoms with Gasteiger partial charge in [0.05, 0.1) is 6.54 Å². The van der Waals surface area contributed by atoms with Crippen molar-refractivity contribution in [1.82, 2.24) is 29.1 Å². The van der Waals surface area contributed by atoms with Crippen molar-refractivity contribution in [2.45, 2.75) is 6.54 Å². The second-order valence-electron chi connectivity index (χ2n) is 3.23. The molecule has 0 saturated carbocycles. The average molecular weight is 215 g/mol. The molecule has 0 aliphatic rings. The molecule has 0 aliphatic carbocycles. The maximum Gasteiger partial charge on any atom is 0.204 e. The minimum atomic E-state index is 0.351. The molecule has 2 N–H and O–H groups in total. The molecule has 0 saturated heterocycles. The van der Waals surface area contributed by atoms with Crippen LogP contribution in [-0.2, 0) is 6.54 Å². The molecule has 3 heterocycles. The molecular weight excluding hydrogens is 206 g/mol. The van der Waals surface area contributed by atoms with Crippen molar-refractivity contribution in [1.29, 1.82) is 0 Å². The van der Waals surface area contributed by atoms with Crippen LogP contribution in [0.25, 0.3) is 11.5 Å². The Kier molecular flexibility index (Phi) is 1.90. The first-order valence-electron chi connectivity index (χ1n) is 4.77. The maximum atomic E-state index is 5.60. The van der Waals surface area contributed by atoms with Crippen LogP contribution < -0.4 is 5.73 Å². The molecule has 0 spiro atoms. The third-order valence-electron chi connectivity index (χ3n) is 2.33. The molecule has 0 unspecified atom stereocenters. The first-order chi connectivity index (χ1) is 7.90. The molecule has 16 heavy (non-hydrogen) atoms. The van der Waals surface area contributed by atoms with Gasteiger partial charge in [-0.2, -0.15) is 0 Å². The number of imidazole rings is 1. The highest BCUT2D eigenvalue weighted by Gasteiger charge is 2.09. The molecule has 0 amide bonds. The zero-order valence-corrected chi connectivity index (χ0v) is 8.35. The maximum absolute atomic E-state index is 5.60. The Labute approximate surface area is 90.6 Å². The second kappa shape index (κ2) is 3.38. The number of fused-ring (bicyclic) bond motifs is 1. The molecule has 0 aliphatic heterocycles. The molecular formula is C9H9N7. The molecule has 3 aromatic heterocycles. The standard InChI is InChI=1S/C9H9N7/c10-5-7-11-2-4-16(7)8-9-14-13-6-15(9)3-1-12-8/h1-4,6H,5,10H2. The quantitative estimate of drug-likeness (QED) is 0.638. The largest absolute Gasteiger partial charge is 0.324 e. The summed E-state index contributed by atoms with van der Waals surface area (Å²) >= 11 is 0. The van der Waals surface area contributed by atoms with E-state index in [2.05, 4.69) is 20.2 Å². The average Bonchev–Trinajstić information content (AvgIpc) is 2.96. The van der Waals surface area contributed by atoms with Crippen molar-refractivity contribution in [3.05, 3.63) is 36.9 Å². The summed E-state index contributed by atoms with van der Waals surface area (Å²) in [4.78, 5) is 8.42. The van der Waals surface area contributed by atoms with Crippen LogP contribution in [0.4, 0.5) is 0 Å². The molecule has 0 aromatic carbocycles. The van der Waals surface area contributed by atoms with Gasteiger partial charge in [0.1, 0.15) is 12.2 Å². The van der Waals surface area contributed by atoms with Crippen LogP contribution in [0.2, 0.25) is 0 Å². The molecule has 7 nitrogen and oxygen atoms in total. The van der Waals surface area contributed by atoms with Crippen molar-refractivity contribution >= 4 is 5.65 Å². The third kappa shape index (κ3) is 1.18. The van der Waals surface area contributed by atoms with E-state index in [0.29, 0.717) is 18.0 Å². The number of hydrogen-bond donors (Lipinski definition) is 1. The van der Waals surface area contributed by atoms with Crippen LogP contribution in [0.1, 0.15) is 5.82 Å². The Morgan fingerprint density at radius 3 is 2.94 bits per heavy atom. The van der Waals surface area contributed by atoms with Crippen LogP contribution in [0.15, 0.2) is 31.1 Å². The topological polar surface area (TPSA) is 86.9 Å². The van der Waals surface area contributed by atoms with Gasteiger partial charge in [0.15, 0.2) is 5.82 Å². The van der Waals surface area contributed by atoms with E-state index in [1.165, 1.54) is 0 Å². The van der Waals surface area contributed by atoms with E-state index in [0.717, 1.165) is 5.82 Å². The van der Waals surface area contributed by atoms with Crippen LogP contribution in [0, 0.1) is 0 Å². The van der Waals surface area contributed by atoms with Gasteiger partial charge in [0.25, 0.3) is 0 Å². The fourth-order valence-corrected chi connectivity index (χ4v) is 1.59. The monoisotopic (exact) mass is 215 g/mol. The fourth-order valence-electron chi connectivity index (χ4n) is 1.59. The summed E-state index contributed by atoms with van der Waals surface area (Å²) in [6, 6.07) is 0. The third-order valence-corrected chi connectivity index (χ3v) is 2.33. The molecule has 80 valence electrons. The van der Waals surface area contributed by atoms with E-state index in [1.807, 2.05) is 4.57 Å². The molecule has 0 atom stereocenters. The van der Waals surface area contributed by atoms with Gasteiger partial charge in [0, 0.05) is 24.8 Å². The number of nitrogens with zero attached hydrogens (tertiary/aromatic N) is 6. The molecule has 3 aromatic rings. The zero-order chi connectivity index (χ0) is 11.0. The van der Waals surface area contributed by atoms with Crippen LogP contribution in [0.5, 0.6) is 0 Å². The Hall–Kier alpha value is -2.28. The highest BCUT2D eigenvalue weighted by Crippen LogP contribution is 2.11. The summed E-state index contributed by atoms with van der Waals surface area (Å²) < 4.78 is 3.60. The number of hydrogen-bond acceptors (Lipinski definition) is 5. The first kappa shape index (κ1) is 8.98. The predicted molar refractivity (Wildman–Crippen MR) is 55.8 cm³/mol. The van der Waals surface area contributed by atoms with Gasteiger partial charge in [-0.25, -0.2) is 9.97 Å². The highest BCUT2D eigenvalue weighted by atomic mass is 15.3. The lowest BCUT2D eigenvalue weighted by atomic mass is 10.5. The van der Waals surface area contributed by atoms with Gasteiger partial charge >= 0.3 is 0 Å². The van der Waals surface area contributed by atoms with E-state index >= 15 is 0 Å². The summed E-state index contributed by atoms with van der Waals surface area (Å²) in [5.74, 6) is 1.42. The summed E-state index contributed by atoms with van der Waals surface area (Å²) in [5.41, 5.74) is 6.27. The predicted octanol–water partition coefficient (Wildman–Crippen LogP) is -0.231. The zero-order valence-electron chi connectivity index (χ0n) is 8.35. The van der Waals surface area contributed by atoms with Crippen molar-refractivity contribution in [3.63, 3.8) is 0 Å².